The fourth-order valence-electron chi connectivity index (χ4n) is 5.08. The molecule has 2 atom stereocenters. The molecule has 2 aliphatic heterocycles. The van der Waals surface area contributed by atoms with E-state index in [1.807, 2.05) is 53.4 Å². The van der Waals surface area contributed by atoms with Crippen molar-refractivity contribution in [1.82, 2.24) is 10.2 Å². The number of carbonyl (C=O) groups is 2. The van der Waals surface area contributed by atoms with Crippen LogP contribution in [0.5, 0.6) is 5.75 Å². The van der Waals surface area contributed by atoms with Gasteiger partial charge in [0.05, 0.1) is 12.1 Å². The molecule has 3 aromatic rings. The summed E-state index contributed by atoms with van der Waals surface area (Å²) in [7, 11) is 0. The molecule has 2 heterocycles. The van der Waals surface area contributed by atoms with Crippen molar-refractivity contribution in [2.75, 3.05) is 26.3 Å². The van der Waals surface area contributed by atoms with Gasteiger partial charge < -0.3 is 19.7 Å². The minimum atomic E-state index is -0.238. The van der Waals surface area contributed by atoms with Gasteiger partial charge in [-0.15, -0.1) is 0 Å². The maximum Gasteiger partial charge on any atom is 0.258 e. The topological polar surface area (TPSA) is 67.9 Å². The molecule has 2 aliphatic rings. The van der Waals surface area contributed by atoms with Crippen LogP contribution in [0.4, 0.5) is 0 Å². The highest BCUT2D eigenvalue weighted by Gasteiger charge is 2.33. The van der Waals surface area contributed by atoms with E-state index >= 15 is 0 Å². The third-order valence-electron chi connectivity index (χ3n) is 6.91. The van der Waals surface area contributed by atoms with Crippen LogP contribution in [0.25, 0.3) is 0 Å². The van der Waals surface area contributed by atoms with Gasteiger partial charge in [-0.1, -0.05) is 54.1 Å². The Bertz CT molecular complexity index is 1220. The Morgan fingerprint density at radius 1 is 1.06 bits per heavy atom. The molecule has 3 aromatic carbocycles. The molecule has 0 aliphatic carbocycles. The van der Waals surface area contributed by atoms with E-state index in [-0.39, 0.29) is 30.6 Å². The summed E-state index contributed by atoms with van der Waals surface area (Å²) < 4.78 is 11.4. The van der Waals surface area contributed by atoms with Gasteiger partial charge in [-0.25, -0.2) is 0 Å². The minimum absolute atomic E-state index is 0.00702. The van der Waals surface area contributed by atoms with Crippen LogP contribution < -0.4 is 10.1 Å². The molecule has 2 unspecified atom stereocenters. The first-order valence-corrected chi connectivity index (χ1v) is 12.6. The summed E-state index contributed by atoms with van der Waals surface area (Å²) in [5.41, 5.74) is 5.10. The maximum atomic E-state index is 13.6. The second-order valence-corrected chi connectivity index (χ2v) is 9.52. The van der Waals surface area contributed by atoms with Crippen LogP contribution in [0.15, 0.2) is 72.8 Å². The second kappa shape index (κ2) is 11.0. The molecular weight excluding hydrogens is 452 g/mol. The second-order valence-electron chi connectivity index (χ2n) is 9.52. The number of carbonyl (C=O) groups excluding carboxylic acids is 2. The number of rotatable bonds is 7. The average Bonchev–Trinajstić information content (AvgIpc) is 3.44. The molecule has 186 valence electrons. The van der Waals surface area contributed by atoms with Gasteiger partial charge in [0.2, 0.25) is 0 Å². The lowest BCUT2D eigenvalue weighted by Crippen LogP contribution is -2.40. The molecule has 1 fully saturated rings. The monoisotopic (exact) mass is 484 g/mol. The third-order valence-corrected chi connectivity index (χ3v) is 6.91. The Morgan fingerprint density at radius 3 is 2.69 bits per heavy atom. The van der Waals surface area contributed by atoms with Crippen LogP contribution in [-0.2, 0) is 16.0 Å². The van der Waals surface area contributed by atoms with Crippen molar-refractivity contribution < 1.29 is 19.1 Å². The van der Waals surface area contributed by atoms with Crippen LogP contribution in [0.2, 0.25) is 0 Å². The summed E-state index contributed by atoms with van der Waals surface area (Å²) >= 11 is 0. The van der Waals surface area contributed by atoms with Crippen molar-refractivity contribution >= 4 is 11.8 Å². The summed E-state index contributed by atoms with van der Waals surface area (Å²) in [6.07, 6.45) is 2.88. The highest BCUT2D eigenvalue weighted by molar-refractivity contribution is 5.95. The predicted molar refractivity (Wildman–Crippen MR) is 138 cm³/mol. The van der Waals surface area contributed by atoms with Crippen LogP contribution in [-0.4, -0.2) is 49.1 Å². The Morgan fingerprint density at radius 2 is 1.92 bits per heavy atom. The van der Waals surface area contributed by atoms with E-state index in [2.05, 4.69) is 36.5 Å². The van der Waals surface area contributed by atoms with Gasteiger partial charge in [-0.2, -0.15) is 0 Å². The predicted octanol–water partition coefficient (Wildman–Crippen LogP) is 4.46. The first-order chi connectivity index (χ1) is 17.6. The third kappa shape index (κ3) is 5.44. The fourth-order valence-corrected chi connectivity index (χ4v) is 5.08. The summed E-state index contributed by atoms with van der Waals surface area (Å²) in [5.74, 6) is 0.458. The Hall–Kier alpha value is -3.64. The maximum absolute atomic E-state index is 13.6. The summed E-state index contributed by atoms with van der Waals surface area (Å²) in [4.78, 5) is 27.9. The normalized spacial score (nSPS) is 19.0. The molecule has 0 spiro atoms. The van der Waals surface area contributed by atoms with Gasteiger partial charge in [-0.3, -0.25) is 9.59 Å². The van der Waals surface area contributed by atoms with Crippen molar-refractivity contribution in [1.29, 1.82) is 0 Å². The van der Waals surface area contributed by atoms with Crippen molar-refractivity contribution in [3.05, 3.63) is 101 Å². The van der Waals surface area contributed by atoms with E-state index in [4.69, 9.17) is 9.47 Å². The molecule has 6 heteroatoms. The zero-order valence-corrected chi connectivity index (χ0v) is 20.6. The van der Waals surface area contributed by atoms with Crippen molar-refractivity contribution in [2.24, 2.45) is 0 Å². The highest BCUT2D eigenvalue weighted by Crippen LogP contribution is 2.38. The van der Waals surface area contributed by atoms with Crippen LogP contribution in [0.3, 0.4) is 0 Å². The van der Waals surface area contributed by atoms with Crippen LogP contribution in [0, 0.1) is 6.92 Å². The van der Waals surface area contributed by atoms with Crippen LogP contribution in [0.1, 0.15) is 51.5 Å². The van der Waals surface area contributed by atoms with Gasteiger partial charge in [-0.05, 0) is 67.1 Å². The number of nitrogens with one attached hydrogen (secondary N) is 1. The standard InChI is InChI=1S/C30H32N2O4/c1-21-7-5-10-24(17-21)29-27-18-25(36-20-28(33)31-19-26-11-6-16-35-26)13-12-22(27)14-15-32(29)30(34)23-8-3-2-4-9-23/h2-5,7-10,12-13,17-18,26,29H,6,11,14-16,19-20H2,1H3,(H,31,33). The highest BCUT2D eigenvalue weighted by atomic mass is 16.5. The number of aryl methyl sites for hydroxylation is 1. The quantitative estimate of drug-likeness (QED) is 0.538. The molecule has 1 N–H and O–H groups in total. The number of benzene rings is 3. The van der Waals surface area contributed by atoms with Gasteiger partial charge in [0, 0.05) is 25.3 Å². The molecule has 36 heavy (non-hydrogen) atoms. The largest absolute Gasteiger partial charge is 0.484 e. The SMILES string of the molecule is Cc1cccc(C2c3cc(OCC(=O)NCC4CCCO4)ccc3CCN2C(=O)c2ccccc2)c1. The van der Waals surface area contributed by atoms with Crippen molar-refractivity contribution in [2.45, 2.75) is 38.3 Å². The number of hydrogen-bond donors (Lipinski definition) is 1. The summed E-state index contributed by atoms with van der Waals surface area (Å²) in [5, 5.41) is 2.90. The Kier molecular flexibility index (Phi) is 7.33. The lowest BCUT2D eigenvalue weighted by molar-refractivity contribution is -0.123. The molecule has 0 bridgehead atoms. The first kappa shape index (κ1) is 24.1. The fraction of sp³-hybridized carbons (Fsp3) is 0.333. The van der Waals surface area contributed by atoms with Crippen molar-refractivity contribution in [3.63, 3.8) is 0 Å². The van der Waals surface area contributed by atoms with Crippen molar-refractivity contribution in [3.8, 4) is 5.75 Å². The van der Waals surface area contributed by atoms with E-state index in [9.17, 15) is 9.59 Å². The molecule has 0 aromatic heterocycles. The number of nitrogens with zero attached hydrogens (tertiary/aromatic N) is 1. The lowest BCUT2D eigenvalue weighted by atomic mass is 9.87. The Labute approximate surface area is 212 Å². The first-order valence-electron chi connectivity index (χ1n) is 12.6. The summed E-state index contributed by atoms with van der Waals surface area (Å²) in [6, 6.07) is 23.4. The molecule has 2 amide bonds. The molecule has 5 rings (SSSR count). The number of ether oxygens (including phenoxy) is 2. The van der Waals surface area contributed by atoms with E-state index < -0.39 is 0 Å². The van der Waals surface area contributed by atoms with E-state index in [1.54, 1.807) is 0 Å². The van der Waals surface area contributed by atoms with E-state index in [0.29, 0.717) is 24.4 Å². The molecule has 6 nitrogen and oxygen atoms in total. The van der Waals surface area contributed by atoms with Gasteiger partial charge in [0.15, 0.2) is 6.61 Å². The molecule has 0 radical (unpaired) electrons. The zero-order valence-electron chi connectivity index (χ0n) is 20.6. The number of fused-ring (bicyclic) bond motifs is 1. The smallest absolute Gasteiger partial charge is 0.258 e. The number of hydrogen-bond acceptors (Lipinski definition) is 4. The summed E-state index contributed by atoms with van der Waals surface area (Å²) in [6.45, 7) is 3.90. The van der Waals surface area contributed by atoms with Crippen LogP contribution >= 0.6 is 0 Å². The number of amides is 2. The lowest BCUT2D eigenvalue weighted by Gasteiger charge is -2.38. The molecule has 0 saturated carbocycles. The Balaban J connectivity index is 1.38. The average molecular weight is 485 g/mol. The molecule has 1 saturated heterocycles. The van der Waals surface area contributed by atoms with Gasteiger partial charge in [0.1, 0.15) is 5.75 Å². The zero-order chi connectivity index (χ0) is 24.9. The minimum Gasteiger partial charge on any atom is -0.484 e. The van der Waals surface area contributed by atoms with Gasteiger partial charge in [0.25, 0.3) is 11.8 Å². The van der Waals surface area contributed by atoms with E-state index in [1.165, 1.54) is 5.56 Å². The van der Waals surface area contributed by atoms with E-state index in [0.717, 1.165) is 42.6 Å². The molecular formula is C30H32N2O4. The van der Waals surface area contributed by atoms with Gasteiger partial charge >= 0.3 is 0 Å².